The van der Waals surface area contributed by atoms with Gasteiger partial charge in [0.15, 0.2) is 11.5 Å². The number of halogens is 3. The van der Waals surface area contributed by atoms with Crippen LogP contribution in [0.15, 0.2) is 66.2 Å². The van der Waals surface area contributed by atoms with E-state index in [1.807, 2.05) is 32.0 Å². The molecule has 0 unspecified atom stereocenters. The van der Waals surface area contributed by atoms with E-state index < -0.39 is 23.4 Å². The Bertz CT molecular complexity index is 1880. The number of esters is 1. The zero-order chi connectivity index (χ0) is 32.4. The number of aryl methyl sites for hydroxylation is 2. The third-order valence-corrected chi connectivity index (χ3v) is 8.63. The molecule has 3 aromatic heterocycles. The van der Waals surface area contributed by atoms with Crippen molar-refractivity contribution in [2.75, 3.05) is 13.2 Å². The molecule has 0 amide bonds. The van der Waals surface area contributed by atoms with E-state index in [0.29, 0.717) is 28.3 Å². The molecule has 12 heteroatoms. The number of ether oxygens (including phenoxy) is 2. The van der Waals surface area contributed by atoms with E-state index in [9.17, 15) is 18.0 Å². The number of fused-ring (bicyclic) bond motifs is 1. The van der Waals surface area contributed by atoms with Gasteiger partial charge in [-0.05, 0) is 68.1 Å². The van der Waals surface area contributed by atoms with E-state index in [0.717, 1.165) is 54.1 Å². The predicted molar refractivity (Wildman–Crippen MR) is 168 cm³/mol. The minimum absolute atomic E-state index is 0.0666. The standard InChI is InChI=1S/C34H32F3N5O3S/c1-4-44-33(43)27-16-38-42(32(27)34(35,36)37)30-7-5-6-28(40-30)26-14-21(2)8-11-29(26)45-19-23-9-10-25-17-41(13-12-24(25)15-23)18-31-39-22(3)20-46-31/h5-11,14-16,20H,4,12-13,17-19H2,1-3H3. The van der Waals surface area contributed by atoms with E-state index in [1.54, 1.807) is 23.5 Å². The molecule has 0 aliphatic carbocycles. The van der Waals surface area contributed by atoms with Crippen LogP contribution in [0.1, 0.15) is 55.9 Å². The van der Waals surface area contributed by atoms with Crippen LogP contribution in [0.25, 0.3) is 17.1 Å². The van der Waals surface area contributed by atoms with Gasteiger partial charge in [0.25, 0.3) is 0 Å². The van der Waals surface area contributed by atoms with Crippen LogP contribution >= 0.6 is 11.3 Å². The summed E-state index contributed by atoms with van der Waals surface area (Å²) in [6.45, 7) is 8.36. The highest BCUT2D eigenvalue weighted by molar-refractivity contribution is 7.09. The molecule has 0 saturated carbocycles. The van der Waals surface area contributed by atoms with Crippen molar-refractivity contribution < 1.29 is 27.4 Å². The van der Waals surface area contributed by atoms with Gasteiger partial charge in [0.05, 0.1) is 25.0 Å². The molecule has 0 atom stereocenters. The summed E-state index contributed by atoms with van der Waals surface area (Å²) >= 11 is 1.70. The van der Waals surface area contributed by atoms with Crippen LogP contribution in [-0.4, -0.2) is 43.8 Å². The molecule has 5 aromatic rings. The molecule has 0 radical (unpaired) electrons. The third-order valence-electron chi connectivity index (χ3n) is 7.68. The molecular formula is C34H32F3N5O3S. The molecule has 0 N–H and O–H groups in total. The fraction of sp³-hybridized carbons (Fsp3) is 0.294. The van der Waals surface area contributed by atoms with Crippen LogP contribution in [0, 0.1) is 13.8 Å². The summed E-state index contributed by atoms with van der Waals surface area (Å²) < 4.78 is 54.1. The van der Waals surface area contributed by atoms with Gasteiger partial charge >= 0.3 is 12.1 Å². The summed E-state index contributed by atoms with van der Waals surface area (Å²) in [5.41, 5.74) is 4.71. The van der Waals surface area contributed by atoms with Crippen LogP contribution in [0.2, 0.25) is 0 Å². The second kappa shape index (κ2) is 13.1. The van der Waals surface area contributed by atoms with Gasteiger partial charge in [0.1, 0.15) is 22.9 Å². The third kappa shape index (κ3) is 6.82. The number of benzene rings is 2. The van der Waals surface area contributed by atoms with Crippen molar-refractivity contribution in [1.29, 1.82) is 0 Å². The molecule has 4 heterocycles. The van der Waals surface area contributed by atoms with Gasteiger partial charge in [0.2, 0.25) is 0 Å². The number of hydrogen-bond acceptors (Lipinski definition) is 8. The maximum absolute atomic E-state index is 14.1. The lowest BCUT2D eigenvalue weighted by molar-refractivity contribution is -0.143. The Morgan fingerprint density at radius 3 is 2.65 bits per heavy atom. The van der Waals surface area contributed by atoms with Crippen molar-refractivity contribution in [2.24, 2.45) is 0 Å². The van der Waals surface area contributed by atoms with E-state index in [4.69, 9.17) is 9.47 Å². The van der Waals surface area contributed by atoms with Crippen LogP contribution < -0.4 is 4.74 Å². The van der Waals surface area contributed by atoms with E-state index >= 15 is 0 Å². The highest BCUT2D eigenvalue weighted by Crippen LogP contribution is 2.35. The number of aromatic nitrogens is 4. The van der Waals surface area contributed by atoms with Gasteiger partial charge < -0.3 is 9.47 Å². The first-order valence-electron chi connectivity index (χ1n) is 14.9. The molecule has 6 rings (SSSR count). The quantitative estimate of drug-likeness (QED) is 0.155. The zero-order valence-corrected chi connectivity index (χ0v) is 26.4. The molecule has 1 aliphatic heterocycles. The van der Waals surface area contributed by atoms with E-state index in [1.165, 1.54) is 24.1 Å². The lowest BCUT2D eigenvalue weighted by Gasteiger charge is -2.28. The lowest BCUT2D eigenvalue weighted by atomic mass is 9.97. The Morgan fingerprint density at radius 2 is 1.89 bits per heavy atom. The number of nitrogens with zero attached hydrogens (tertiary/aromatic N) is 5. The van der Waals surface area contributed by atoms with Crippen molar-refractivity contribution >= 4 is 17.3 Å². The molecule has 238 valence electrons. The number of carbonyl (C=O) groups excluding carboxylic acids is 1. The van der Waals surface area contributed by atoms with Crippen molar-refractivity contribution in [3.8, 4) is 22.8 Å². The second-order valence-corrected chi connectivity index (χ2v) is 12.1. The molecule has 46 heavy (non-hydrogen) atoms. The molecule has 1 aliphatic rings. The molecule has 0 bridgehead atoms. The van der Waals surface area contributed by atoms with Gasteiger partial charge in [0, 0.05) is 29.7 Å². The Hall–Kier alpha value is -4.55. The molecular weight excluding hydrogens is 615 g/mol. The molecule has 0 saturated heterocycles. The summed E-state index contributed by atoms with van der Waals surface area (Å²) in [6.07, 6.45) is -3.08. The number of carbonyl (C=O) groups is 1. The summed E-state index contributed by atoms with van der Waals surface area (Å²) in [7, 11) is 0. The topological polar surface area (TPSA) is 82.4 Å². The van der Waals surface area contributed by atoms with Crippen molar-refractivity contribution in [3.63, 3.8) is 0 Å². The van der Waals surface area contributed by atoms with Gasteiger partial charge in [-0.15, -0.1) is 11.3 Å². The Morgan fingerprint density at radius 1 is 1.04 bits per heavy atom. The number of alkyl halides is 3. The maximum atomic E-state index is 14.1. The van der Waals surface area contributed by atoms with Gasteiger partial charge in [-0.3, -0.25) is 4.90 Å². The summed E-state index contributed by atoms with van der Waals surface area (Å²) in [5, 5.41) is 7.08. The number of hydrogen-bond donors (Lipinski definition) is 0. The highest BCUT2D eigenvalue weighted by atomic mass is 32.1. The molecule has 2 aromatic carbocycles. The highest BCUT2D eigenvalue weighted by Gasteiger charge is 2.41. The Balaban J connectivity index is 1.22. The second-order valence-electron chi connectivity index (χ2n) is 11.2. The SMILES string of the molecule is CCOC(=O)c1cnn(-c2cccc(-c3cc(C)ccc3OCc3ccc4c(c3)CCN(Cc3nc(C)cs3)C4)n2)c1C(F)(F)F. The Labute approximate surface area is 268 Å². The van der Waals surface area contributed by atoms with Crippen molar-refractivity contribution in [3.05, 3.63) is 110 Å². The largest absolute Gasteiger partial charge is 0.488 e. The smallest absolute Gasteiger partial charge is 0.434 e. The number of pyridine rings is 1. The predicted octanol–water partition coefficient (Wildman–Crippen LogP) is 7.34. The average Bonchev–Trinajstić information content (AvgIpc) is 3.67. The summed E-state index contributed by atoms with van der Waals surface area (Å²) in [6, 6.07) is 16.7. The van der Waals surface area contributed by atoms with Crippen molar-refractivity contribution in [1.82, 2.24) is 24.6 Å². The summed E-state index contributed by atoms with van der Waals surface area (Å²) in [4.78, 5) is 23.8. The first-order chi connectivity index (χ1) is 22.1. The Kier molecular flexibility index (Phi) is 8.92. The van der Waals surface area contributed by atoms with E-state index in [-0.39, 0.29) is 12.4 Å². The van der Waals surface area contributed by atoms with E-state index in [2.05, 4.69) is 43.5 Å². The minimum Gasteiger partial charge on any atom is -0.488 e. The monoisotopic (exact) mass is 647 g/mol. The average molecular weight is 648 g/mol. The molecule has 8 nitrogen and oxygen atoms in total. The maximum Gasteiger partial charge on any atom is 0.434 e. The van der Waals surface area contributed by atoms with Gasteiger partial charge in [-0.1, -0.05) is 35.9 Å². The minimum atomic E-state index is -4.87. The number of rotatable bonds is 9. The summed E-state index contributed by atoms with van der Waals surface area (Å²) in [5.74, 6) is -0.653. The fourth-order valence-corrected chi connectivity index (χ4v) is 6.34. The van der Waals surface area contributed by atoms with Crippen LogP contribution in [0.3, 0.4) is 0 Å². The molecule has 0 fully saturated rings. The van der Waals surface area contributed by atoms with Crippen LogP contribution in [0.5, 0.6) is 5.75 Å². The number of thiazole rings is 1. The van der Waals surface area contributed by atoms with Crippen LogP contribution in [-0.2, 0) is 37.0 Å². The van der Waals surface area contributed by atoms with Crippen LogP contribution in [0.4, 0.5) is 13.2 Å². The van der Waals surface area contributed by atoms with Gasteiger partial charge in [-0.25, -0.2) is 19.4 Å². The lowest BCUT2D eigenvalue weighted by Crippen LogP contribution is -2.30. The van der Waals surface area contributed by atoms with Crippen molar-refractivity contribution in [2.45, 2.75) is 53.1 Å². The molecule has 0 spiro atoms. The first kappa shape index (κ1) is 31.4. The zero-order valence-electron chi connectivity index (χ0n) is 25.6. The normalized spacial score (nSPS) is 13.4. The fourth-order valence-electron chi connectivity index (χ4n) is 5.53. The van der Waals surface area contributed by atoms with Gasteiger partial charge in [-0.2, -0.15) is 18.3 Å². The first-order valence-corrected chi connectivity index (χ1v) is 15.7.